The van der Waals surface area contributed by atoms with Gasteiger partial charge in [0.25, 0.3) is 0 Å². The first-order chi connectivity index (χ1) is 11.6. The molecule has 3 rings (SSSR count). The van der Waals surface area contributed by atoms with Crippen molar-refractivity contribution in [3.8, 4) is 0 Å². The van der Waals surface area contributed by atoms with Crippen LogP contribution in [-0.2, 0) is 13.1 Å². The zero-order valence-corrected chi connectivity index (χ0v) is 15.5. The average molecular weight is 329 g/mol. The Balaban J connectivity index is 1.50. The molecule has 2 aliphatic heterocycles. The Morgan fingerprint density at radius 1 is 1.08 bits per heavy atom. The fraction of sp³-hybridized carbons (Fsp3) is 0.650. The Morgan fingerprint density at radius 2 is 1.75 bits per heavy atom. The number of hydrogen-bond acceptors (Lipinski definition) is 2. The summed E-state index contributed by atoms with van der Waals surface area (Å²) in [6, 6.07) is 9.05. The number of hydrogen-bond donors (Lipinski definition) is 1. The van der Waals surface area contributed by atoms with Crippen molar-refractivity contribution in [2.75, 3.05) is 33.2 Å². The lowest BCUT2D eigenvalue weighted by Gasteiger charge is -2.23. The van der Waals surface area contributed by atoms with Crippen molar-refractivity contribution in [2.24, 2.45) is 10.4 Å². The van der Waals surface area contributed by atoms with Crippen LogP contribution in [0, 0.1) is 5.41 Å². The summed E-state index contributed by atoms with van der Waals surface area (Å²) in [5, 5.41) is 3.52. The maximum atomic E-state index is 4.46. The molecule has 2 saturated heterocycles. The summed E-state index contributed by atoms with van der Waals surface area (Å²) in [5.41, 5.74) is 3.14. The van der Waals surface area contributed by atoms with Crippen molar-refractivity contribution >= 4 is 5.96 Å². The van der Waals surface area contributed by atoms with Crippen LogP contribution in [-0.4, -0.2) is 49.0 Å². The van der Waals surface area contributed by atoms with Crippen LogP contribution in [0.4, 0.5) is 0 Å². The van der Waals surface area contributed by atoms with E-state index in [1.807, 2.05) is 7.05 Å². The normalized spacial score (nSPS) is 21.5. The van der Waals surface area contributed by atoms with Gasteiger partial charge in [0, 0.05) is 33.2 Å². The van der Waals surface area contributed by atoms with Gasteiger partial charge < -0.3 is 10.2 Å². The Bertz CT molecular complexity index is 556. The maximum absolute atomic E-state index is 4.46. The Labute approximate surface area is 146 Å². The molecule has 0 aliphatic carbocycles. The lowest BCUT2D eigenvalue weighted by molar-refractivity contribution is 0.331. The lowest BCUT2D eigenvalue weighted by atomic mass is 9.93. The highest BCUT2D eigenvalue weighted by molar-refractivity contribution is 5.80. The van der Waals surface area contributed by atoms with Crippen molar-refractivity contribution in [2.45, 2.75) is 46.2 Å². The molecule has 1 aromatic rings. The van der Waals surface area contributed by atoms with Crippen LogP contribution in [0.2, 0.25) is 0 Å². The van der Waals surface area contributed by atoms with Crippen LogP contribution in [0.5, 0.6) is 0 Å². The topological polar surface area (TPSA) is 30.9 Å². The number of guanidine groups is 1. The van der Waals surface area contributed by atoms with Gasteiger partial charge in [-0.25, -0.2) is 0 Å². The molecule has 132 valence electrons. The monoisotopic (exact) mass is 328 g/mol. The molecule has 2 fully saturated rings. The molecule has 2 aliphatic rings. The Kier molecular flexibility index (Phi) is 5.44. The smallest absolute Gasteiger partial charge is 0.193 e. The van der Waals surface area contributed by atoms with E-state index in [4.69, 9.17) is 0 Å². The molecule has 1 aromatic carbocycles. The predicted molar refractivity (Wildman–Crippen MR) is 101 cm³/mol. The maximum Gasteiger partial charge on any atom is 0.193 e. The molecular weight excluding hydrogens is 296 g/mol. The van der Waals surface area contributed by atoms with E-state index >= 15 is 0 Å². The van der Waals surface area contributed by atoms with Gasteiger partial charge in [0.1, 0.15) is 0 Å². The van der Waals surface area contributed by atoms with Crippen molar-refractivity contribution in [1.29, 1.82) is 0 Å². The first-order valence-corrected chi connectivity index (χ1v) is 9.31. The summed E-state index contributed by atoms with van der Waals surface area (Å²) in [4.78, 5) is 9.38. The van der Waals surface area contributed by atoms with E-state index in [2.05, 4.69) is 58.2 Å². The van der Waals surface area contributed by atoms with Gasteiger partial charge in [-0.3, -0.25) is 9.89 Å². The van der Waals surface area contributed by atoms with Gasteiger partial charge in [0.05, 0.1) is 0 Å². The third kappa shape index (κ3) is 4.50. The molecule has 4 heteroatoms. The fourth-order valence-corrected chi connectivity index (χ4v) is 3.77. The Morgan fingerprint density at radius 3 is 2.33 bits per heavy atom. The van der Waals surface area contributed by atoms with Gasteiger partial charge in [-0.05, 0) is 48.9 Å². The molecule has 0 atom stereocenters. The van der Waals surface area contributed by atoms with Gasteiger partial charge in [0.15, 0.2) is 5.96 Å². The zero-order chi connectivity index (χ0) is 17.0. The minimum absolute atomic E-state index is 0.398. The van der Waals surface area contributed by atoms with Crippen LogP contribution < -0.4 is 5.32 Å². The molecule has 0 unspecified atom stereocenters. The number of aliphatic imine (C=N–C) groups is 1. The molecule has 0 radical (unpaired) electrons. The second kappa shape index (κ2) is 7.56. The van der Waals surface area contributed by atoms with Crippen LogP contribution in [0.15, 0.2) is 29.3 Å². The van der Waals surface area contributed by atoms with Crippen LogP contribution in [0.1, 0.15) is 44.2 Å². The first-order valence-electron chi connectivity index (χ1n) is 9.31. The number of nitrogens with one attached hydrogen (secondary N) is 1. The number of nitrogens with zero attached hydrogens (tertiary/aromatic N) is 3. The molecule has 0 spiro atoms. The highest BCUT2D eigenvalue weighted by atomic mass is 15.3. The highest BCUT2D eigenvalue weighted by Gasteiger charge is 2.30. The molecule has 2 heterocycles. The van der Waals surface area contributed by atoms with Crippen molar-refractivity contribution in [1.82, 2.24) is 15.1 Å². The van der Waals surface area contributed by atoms with Crippen LogP contribution in [0.3, 0.4) is 0 Å². The highest BCUT2D eigenvalue weighted by Crippen LogP contribution is 2.28. The van der Waals surface area contributed by atoms with Gasteiger partial charge in [-0.15, -0.1) is 0 Å². The third-order valence-electron chi connectivity index (χ3n) is 5.27. The zero-order valence-electron chi connectivity index (χ0n) is 15.5. The van der Waals surface area contributed by atoms with Crippen molar-refractivity contribution in [3.05, 3.63) is 35.4 Å². The lowest BCUT2D eigenvalue weighted by Crippen LogP contribution is -2.40. The van der Waals surface area contributed by atoms with Crippen LogP contribution >= 0.6 is 0 Å². The van der Waals surface area contributed by atoms with E-state index in [0.717, 1.165) is 32.1 Å². The summed E-state index contributed by atoms with van der Waals surface area (Å²) in [5.74, 6) is 1.03. The van der Waals surface area contributed by atoms with Crippen molar-refractivity contribution < 1.29 is 0 Å². The molecule has 0 saturated carbocycles. The summed E-state index contributed by atoms with van der Waals surface area (Å²) in [6.07, 6.45) is 3.95. The second-order valence-corrected chi connectivity index (χ2v) is 8.04. The average Bonchev–Trinajstić information content (AvgIpc) is 3.19. The van der Waals surface area contributed by atoms with E-state index in [1.165, 1.54) is 43.5 Å². The van der Waals surface area contributed by atoms with Gasteiger partial charge in [-0.2, -0.15) is 0 Å². The van der Waals surface area contributed by atoms with E-state index in [9.17, 15) is 0 Å². The summed E-state index contributed by atoms with van der Waals surface area (Å²) >= 11 is 0. The third-order valence-corrected chi connectivity index (χ3v) is 5.27. The summed E-state index contributed by atoms with van der Waals surface area (Å²) in [7, 11) is 1.88. The van der Waals surface area contributed by atoms with E-state index in [-0.39, 0.29) is 0 Å². The molecule has 1 N–H and O–H groups in total. The quantitative estimate of drug-likeness (QED) is 0.681. The second-order valence-electron chi connectivity index (χ2n) is 8.04. The molecule has 24 heavy (non-hydrogen) atoms. The standard InChI is InChI=1S/C20H32N4/c1-20(2)10-13-24(16-20)19(21-3)22-14-17-6-8-18(9-7-17)15-23-11-4-5-12-23/h6-9H,4-5,10-16H2,1-3H3,(H,21,22). The summed E-state index contributed by atoms with van der Waals surface area (Å²) in [6.45, 7) is 11.3. The first kappa shape index (κ1) is 17.3. The van der Waals surface area contributed by atoms with Gasteiger partial charge in [0.2, 0.25) is 0 Å². The fourth-order valence-electron chi connectivity index (χ4n) is 3.77. The van der Waals surface area contributed by atoms with E-state index in [0.29, 0.717) is 5.41 Å². The van der Waals surface area contributed by atoms with E-state index < -0.39 is 0 Å². The number of likely N-dealkylation sites (tertiary alicyclic amines) is 2. The number of rotatable bonds is 4. The largest absolute Gasteiger partial charge is 0.352 e. The molecule has 0 amide bonds. The Hall–Kier alpha value is -1.55. The van der Waals surface area contributed by atoms with E-state index in [1.54, 1.807) is 0 Å². The molecular formula is C20H32N4. The minimum atomic E-state index is 0.398. The van der Waals surface area contributed by atoms with Gasteiger partial charge >= 0.3 is 0 Å². The van der Waals surface area contributed by atoms with Gasteiger partial charge in [-0.1, -0.05) is 38.1 Å². The molecule has 0 aromatic heterocycles. The predicted octanol–water partition coefficient (Wildman–Crippen LogP) is 3.09. The van der Waals surface area contributed by atoms with Crippen molar-refractivity contribution in [3.63, 3.8) is 0 Å². The minimum Gasteiger partial charge on any atom is -0.352 e. The number of benzene rings is 1. The summed E-state index contributed by atoms with van der Waals surface area (Å²) < 4.78 is 0. The van der Waals surface area contributed by atoms with Crippen LogP contribution in [0.25, 0.3) is 0 Å². The SMILES string of the molecule is CN=C(NCc1ccc(CN2CCCC2)cc1)N1CCC(C)(C)C1. The molecule has 0 bridgehead atoms. The molecule has 4 nitrogen and oxygen atoms in total.